The first-order chi connectivity index (χ1) is 10.9. The van der Waals surface area contributed by atoms with Crippen molar-refractivity contribution in [2.45, 2.75) is 38.5 Å². The lowest BCUT2D eigenvalue weighted by atomic mass is 10.0. The molecule has 1 atom stereocenters. The maximum Gasteiger partial charge on any atom is 0.433 e. The Bertz CT molecular complexity index is 691. The van der Waals surface area contributed by atoms with Crippen molar-refractivity contribution in [3.63, 3.8) is 0 Å². The number of hydrogen-bond donors (Lipinski definition) is 0. The third-order valence-corrected chi connectivity index (χ3v) is 4.45. The summed E-state index contributed by atoms with van der Waals surface area (Å²) in [6.07, 6.45) is -1.06. The number of likely N-dealkylation sites (tertiary alicyclic amines) is 1. The molecule has 124 valence electrons. The van der Waals surface area contributed by atoms with Crippen molar-refractivity contribution >= 4 is 0 Å². The van der Waals surface area contributed by atoms with Crippen molar-refractivity contribution in [2.24, 2.45) is 7.05 Å². The molecule has 1 aromatic heterocycles. The molecule has 2 aromatic rings. The minimum Gasteiger partial charge on any atom is -0.292 e. The molecule has 0 aliphatic carbocycles. The van der Waals surface area contributed by atoms with Crippen molar-refractivity contribution in [3.05, 3.63) is 52.8 Å². The predicted octanol–water partition coefficient (Wildman–Crippen LogP) is 4.08. The normalized spacial score (nSPS) is 19.4. The van der Waals surface area contributed by atoms with Gasteiger partial charge in [-0.15, -0.1) is 0 Å². The van der Waals surface area contributed by atoms with E-state index in [1.165, 1.54) is 24.4 Å². The monoisotopic (exact) mass is 323 g/mol. The third-order valence-electron chi connectivity index (χ3n) is 4.45. The van der Waals surface area contributed by atoms with Crippen LogP contribution in [0.25, 0.3) is 0 Å². The summed E-state index contributed by atoms with van der Waals surface area (Å²) < 4.78 is 40.6. The Hall–Kier alpha value is -1.82. The van der Waals surface area contributed by atoms with Gasteiger partial charge in [0, 0.05) is 25.2 Å². The summed E-state index contributed by atoms with van der Waals surface area (Å²) >= 11 is 0. The second-order valence-electron chi connectivity index (χ2n) is 6.18. The molecule has 1 aliphatic rings. The molecule has 0 radical (unpaired) electrons. The van der Waals surface area contributed by atoms with Gasteiger partial charge < -0.3 is 0 Å². The Labute approximate surface area is 133 Å². The van der Waals surface area contributed by atoms with E-state index in [2.05, 4.69) is 22.1 Å². The Morgan fingerprint density at radius 3 is 2.78 bits per heavy atom. The highest BCUT2D eigenvalue weighted by Gasteiger charge is 2.38. The average Bonchev–Trinajstić information content (AvgIpc) is 3.05. The van der Waals surface area contributed by atoms with Crippen molar-refractivity contribution in [1.82, 2.24) is 14.7 Å². The van der Waals surface area contributed by atoms with E-state index in [1.54, 1.807) is 0 Å². The Kier molecular flexibility index (Phi) is 4.19. The number of halogens is 3. The number of alkyl halides is 3. The fourth-order valence-corrected chi connectivity index (χ4v) is 3.45. The fourth-order valence-electron chi connectivity index (χ4n) is 3.45. The van der Waals surface area contributed by atoms with Gasteiger partial charge in [-0.3, -0.25) is 9.58 Å². The smallest absolute Gasteiger partial charge is 0.292 e. The van der Waals surface area contributed by atoms with Crippen LogP contribution in [0.2, 0.25) is 0 Å². The molecule has 0 saturated carbocycles. The third kappa shape index (κ3) is 3.27. The van der Waals surface area contributed by atoms with Gasteiger partial charge in [0.05, 0.1) is 6.20 Å². The maximum atomic E-state index is 13.2. The molecule has 1 aromatic carbocycles. The van der Waals surface area contributed by atoms with Gasteiger partial charge in [-0.1, -0.05) is 29.8 Å². The van der Waals surface area contributed by atoms with E-state index in [-0.39, 0.29) is 18.2 Å². The zero-order valence-corrected chi connectivity index (χ0v) is 13.3. The van der Waals surface area contributed by atoms with E-state index in [0.717, 1.165) is 24.1 Å². The van der Waals surface area contributed by atoms with Crippen LogP contribution >= 0.6 is 0 Å². The number of nitrogens with zero attached hydrogens (tertiary/aromatic N) is 3. The lowest BCUT2D eigenvalue weighted by Crippen LogP contribution is -2.24. The van der Waals surface area contributed by atoms with Gasteiger partial charge in [0.15, 0.2) is 0 Å². The Balaban J connectivity index is 1.85. The van der Waals surface area contributed by atoms with E-state index in [9.17, 15) is 13.2 Å². The molecular weight excluding hydrogens is 303 g/mol. The molecule has 3 rings (SSSR count). The van der Waals surface area contributed by atoms with Crippen LogP contribution < -0.4 is 0 Å². The molecule has 0 spiro atoms. The quantitative estimate of drug-likeness (QED) is 0.848. The zero-order chi connectivity index (χ0) is 16.6. The van der Waals surface area contributed by atoms with E-state index in [1.807, 2.05) is 19.1 Å². The molecular formula is C17H20F3N3. The minimum atomic E-state index is -4.38. The van der Waals surface area contributed by atoms with E-state index in [4.69, 9.17) is 0 Å². The van der Waals surface area contributed by atoms with Gasteiger partial charge in [0.25, 0.3) is 0 Å². The molecule has 0 unspecified atom stereocenters. The molecule has 6 heteroatoms. The van der Waals surface area contributed by atoms with Gasteiger partial charge in [-0.2, -0.15) is 18.3 Å². The van der Waals surface area contributed by atoms with E-state index >= 15 is 0 Å². The van der Waals surface area contributed by atoms with Crippen LogP contribution in [-0.4, -0.2) is 21.2 Å². The van der Waals surface area contributed by atoms with Gasteiger partial charge in [0.2, 0.25) is 0 Å². The molecule has 2 heterocycles. The molecule has 3 nitrogen and oxygen atoms in total. The lowest BCUT2D eigenvalue weighted by Gasteiger charge is -2.25. The number of rotatable bonds is 3. The van der Waals surface area contributed by atoms with Crippen molar-refractivity contribution < 1.29 is 13.2 Å². The molecule has 1 saturated heterocycles. The maximum absolute atomic E-state index is 13.2. The van der Waals surface area contributed by atoms with Crippen molar-refractivity contribution in [1.29, 1.82) is 0 Å². The second-order valence-corrected chi connectivity index (χ2v) is 6.18. The topological polar surface area (TPSA) is 21.1 Å². The molecule has 0 bridgehead atoms. The van der Waals surface area contributed by atoms with Crippen LogP contribution in [0.1, 0.15) is 41.3 Å². The first-order valence-corrected chi connectivity index (χ1v) is 7.75. The van der Waals surface area contributed by atoms with Crippen LogP contribution in [0.5, 0.6) is 0 Å². The highest BCUT2D eigenvalue weighted by Crippen LogP contribution is 2.36. The standard InChI is InChI=1S/C17H20F3N3/c1-12-5-3-6-13(9-12)15-7-4-8-23(15)11-14-10-21-22(2)16(14)17(18,19)20/h3,5-6,9-10,15H,4,7-8,11H2,1-2H3/t15-/m1/s1. The summed E-state index contributed by atoms with van der Waals surface area (Å²) in [7, 11) is 1.34. The van der Waals surface area contributed by atoms with E-state index in [0.29, 0.717) is 0 Å². The number of benzene rings is 1. The Morgan fingerprint density at radius 2 is 2.09 bits per heavy atom. The van der Waals surface area contributed by atoms with Crippen LogP contribution in [0.3, 0.4) is 0 Å². The number of aryl methyl sites for hydroxylation is 2. The summed E-state index contributed by atoms with van der Waals surface area (Å²) in [5.41, 5.74) is 1.96. The van der Waals surface area contributed by atoms with Crippen molar-refractivity contribution in [3.8, 4) is 0 Å². The van der Waals surface area contributed by atoms with Gasteiger partial charge >= 0.3 is 6.18 Å². The molecule has 1 aliphatic heterocycles. The summed E-state index contributed by atoms with van der Waals surface area (Å²) in [4.78, 5) is 2.13. The molecule has 23 heavy (non-hydrogen) atoms. The fraction of sp³-hybridized carbons (Fsp3) is 0.471. The summed E-state index contributed by atoms with van der Waals surface area (Å²) in [6.45, 7) is 3.12. The average molecular weight is 323 g/mol. The summed E-state index contributed by atoms with van der Waals surface area (Å²) in [5, 5.41) is 3.81. The first-order valence-electron chi connectivity index (χ1n) is 7.75. The number of aromatic nitrogens is 2. The molecule has 0 amide bonds. The predicted molar refractivity (Wildman–Crippen MR) is 81.8 cm³/mol. The Morgan fingerprint density at radius 1 is 1.30 bits per heavy atom. The highest BCUT2D eigenvalue weighted by molar-refractivity contribution is 5.27. The highest BCUT2D eigenvalue weighted by atomic mass is 19.4. The minimum absolute atomic E-state index is 0.177. The first kappa shape index (κ1) is 16.1. The summed E-state index contributed by atoms with van der Waals surface area (Å²) in [6, 6.07) is 8.40. The molecule has 1 fully saturated rings. The summed E-state index contributed by atoms with van der Waals surface area (Å²) in [5.74, 6) is 0. The van der Waals surface area contributed by atoms with Crippen LogP contribution in [0.4, 0.5) is 13.2 Å². The van der Waals surface area contributed by atoms with Crippen molar-refractivity contribution in [2.75, 3.05) is 6.54 Å². The lowest BCUT2D eigenvalue weighted by molar-refractivity contribution is -0.144. The SMILES string of the molecule is Cc1cccc([C@H]2CCCN2Cc2cnn(C)c2C(F)(F)F)c1. The van der Waals surface area contributed by atoms with Gasteiger partial charge in [0.1, 0.15) is 5.69 Å². The van der Waals surface area contributed by atoms with Crippen LogP contribution in [0, 0.1) is 6.92 Å². The largest absolute Gasteiger partial charge is 0.433 e. The van der Waals surface area contributed by atoms with Gasteiger partial charge in [-0.05, 0) is 31.9 Å². The van der Waals surface area contributed by atoms with Gasteiger partial charge in [-0.25, -0.2) is 0 Å². The second kappa shape index (κ2) is 6.00. The van der Waals surface area contributed by atoms with E-state index < -0.39 is 11.9 Å². The number of hydrogen-bond acceptors (Lipinski definition) is 2. The van der Waals surface area contributed by atoms with Crippen LogP contribution in [0.15, 0.2) is 30.5 Å². The zero-order valence-electron chi connectivity index (χ0n) is 13.3. The molecule has 0 N–H and O–H groups in total. The van der Waals surface area contributed by atoms with Crippen LogP contribution in [-0.2, 0) is 19.8 Å².